The van der Waals surface area contributed by atoms with Gasteiger partial charge in [0.2, 0.25) is 0 Å². The molecule has 0 heterocycles. The van der Waals surface area contributed by atoms with Gasteiger partial charge in [0.05, 0.1) is 0 Å². The predicted molar refractivity (Wildman–Crippen MR) is 90.2 cm³/mol. The molecule has 1 N–H and O–H groups in total. The number of para-hydroxylation sites is 1. The summed E-state index contributed by atoms with van der Waals surface area (Å²) in [6, 6.07) is 6.56. The van der Waals surface area contributed by atoms with Crippen LogP contribution >= 0.6 is 0 Å². The Balaban J connectivity index is 2.49. The van der Waals surface area contributed by atoms with Gasteiger partial charge in [-0.15, -0.1) is 0 Å². The lowest BCUT2D eigenvalue weighted by atomic mass is 10.0. The van der Waals surface area contributed by atoms with Gasteiger partial charge in [0.15, 0.2) is 0 Å². The van der Waals surface area contributed by atoms with Crippen LogP contribution in [0.4, 0.5) is 0 Å². The highest BCUT2D eigenvalue weighted by Crippen LogP contribution is 2.20. The smallest absolute Gasteiger partial charge is 0.342 e. The van der Waals surface area contributed by atoms with Crippen molar-refractivity contribution in [3.63, 3.8) is 0 Å². The third kappa shape index (κ3) is 6.97. The minimum Gasteiger partial charge on any atom is -0.507 e. The minimum absolute atomic E-state index is 0.00955. The fourth-order valence-electron chi connectivity index (χ4n) is 2.53. The van der Waals surface area contributed by atoms with E-state index in [1.807, 2.05) is 0 Å². The Labute approximate surface area is 134 Å². The monoisotopic (exact) mass is 306 g/mol. The lowest BCUT2D eigenvalue weighted by Gasteiger charge is -2.18. The molecule has 0 aromatic heterocycles. The van der Waals surface area contributed by atoms with Crippen LogP contribution in [-0.4, -0.2) is 17.2 Å². The first-order valence-electron chi connectivity index (χ1n) is 8.68. The summed E-state index contributed by atoms with van der Waals surface area (Å²) < 4.78 is 5.63. The van der Waals surface area contributed by atoms with E-state index in [0.717, 1.165) is 32.1 Å². The summed E-state index contributed by atoms with van der Waals surface area (Å²) in [5.74, 6) is -0.419. The summed E-state index contributed by atoms with van der Waals surface area (Å²) in [6.45, 7) is 4.35. The largest absolute Gasteiger partial charge is 0.507 e. The average Bonchev–Trinajstić information content (AvgIpc) is 2.52. The Morgan fingerprint density at radius 1 is 1.00 bits per heavy atom. The Kier molecular flexibility index (Phi) is 9.36. The summed E-state index contributed by atoms with van der Waals surface area (Å²) in [7, 11) is 0. The number of phenols is 1. The number of carbonyl (C=O) groups is 1. The zero-order valence-corrected chi connectivity index (χ0v) is 14.0. The molecule has 0 radical (unpaired) electrons. The zero-order valence-electron chi connectivity index (χ0n) is 14.0. The first-order chi connectivity index (χ1) is 10.7. The van der Waals surface area contributed by atoms with Gasteiger partial charge < -0.3 is 9.84 Å². The fourth-order valence-corrected chi connectivity index (χ4v) is 2.53. The van der Waals surface area contributed by atoms with Gasteiger partial charge in [-0.05, 0) is 31.4 Å². The molecule has 0 saturated carbocycles. The van der Waals surface area contributed by atoms with Gasteiger partial charge in [-0.25, -0.2) is 4.79 Å². The van der Waals surface area contributed by atoms with E-state index < -0.39 is 5.97 Å². The van der Waals surface area contributed by atoms with E-state index in [-0.39, 0.29) is 17.4 Å². The van der Waals surface area contributed by atoms with E-state index in [2.05, 4.69) is 13.8 Å². The molecule has 1 atom stereocenters. The maximum absolute atomic E-state index is 12.2. The number of esters is 1. The van der Waals surface area contributed by atoms with Crippen LogP contribution in [0.25, 0.3) is 0 Å². The van der Waals surface area contributed by atoms with Crippen LogP contribution in [0.2, 0.25) is 0 Å². The molecule has 0 spiro atoms. The molecule has 1 aromatic carbocycles. The van der Waals surface area contributed by atoms with Crippen molar-refractivity contribution < 1.29 is 14.6 Å². The summed E-state index contributed by atoms with van der Waals surface area (Å²) in [6.07, 6.45) is 10.0. The van der Waals surface area contributed by atoms with E-state index in [4.69, 9.17) is 4.74 Å². The maximum Gasteiger partial charge on any atom is 0.342 e. The van der Waals surface area contributed by atoms with Crippen molar-refractivity contribution in [2.45, 2.75) is 77.7 Å². The van der Waals surface area contributed by atoms with Crippen molar-refractivity contribution in [2.24, 2.45) is 0 Å². The predicted octanol–water partition coefficient (Wildman–Crippen LogP) is 5.47. The average molecular weight is 306 g/mol. The van der Waals surface area contributed by atoms with Crippen molar-refractivity contribution in [1.29, 1.82) is 0 Å². The molecule has 0 fully saturated rings. The van der Waals surface area contributed by atoms with Crippen LogP contribution in [0.5, 0.6) is 5.75 Å². The van der Waals surface area contributed by atoms with Gasteiger partial charge in [0, 0.05) is 0 Å². The number of unbranched alkanes of at least 4 members (excludes halogenated alkanes) is 5. The Morgan fingerprint density at radius 2 is 1.64 bits per heavy atom. The number of carbonyl (C=O) groups excluding carboxylic acids is 1. The zero-order chi connectivity index (χ0) is 16.2. The maximum atomic E-state index is 12.2. The molecule has 1 unspecified atom stereocenters. The van der Waals surface area contributed by atoms with Gasteiger partial charge in [-0.3, -0.25) is 0 Å². The molecule has 1 aromatic rings. The number of benzene rings is 1. The third-order valence-electron chi connectivity index (χ3n) is 3.91. The third-order valence-corrected chi connectivity index (χ3v) is 3.91. The van der Waals surface area contributed by atoms with Crippen molar-refractivity contribution >= 4 is 5.97 Å². The topological polar surface area (TPSA) is 46.5 Å². The van der Waals surface area contributed by atoms with Crippen LogP contribution in [0.15, 0.2) is 24.3 Å². The molecule has 0 bridgehead atoms. The molecule has 22 heavy (non-hydrogen) atoms. The second-order valence-electron chi connectivity index (χ2n) is 5.89. The van der Waals surface area contributed by atoms with Gasteiger partial charge in [-0.2, -0.15) is 0 Å². The summed E-state index contributed by atoms with van der Waals surface area (Å²) >= 11 is 0. The molecule has 1 rings (SSSR count). The molecule has 0 aliphatic heterocycles. The molecule has 0 aliphatic carbocycles. The van der Waals surface area contributed by atoms with Crippen molar-refractivity contribution in [3.05, 3.63) is 29.8 Å². The number of phenolic OH excluding ortho intramolecular Hbond substituents is 1. The van der Waals surface area contributed by atoms with Gasteiger partial charge >= 0.3 is 5.97 Å². The first kappa shape index (κ1) is 18.5. The number of rotatable bonds is 11. The van der Waals surface area contributed by atoms with Crippen molar-refractivity contribution in [3.8, 4) is 5.75 Å². The highest BCUT2D eigenvalue weighted by Gasteiger charge is 2.17. The standard InChI is InChI=1S/C19H30O3/c1-3-5-7-8-9-13-16(12-6-4-2)22-19(21)17-14-10-11-15-18(17)20/h10-11,14-16,20H,3-9,12-13H2,1-2H3. The summed E-state index contributed by atoms with van der Waals surface area (Å²) in [4.78, 5) is 12.2. The number of hydrogen-bond acceptors (Lipinski definition) is 3. The summed E-state index contributed by atoms with van der Waals surface area (Å²) in [5, 5.41) is 9.74. The molecule has 3 heteroatoms. The Bertz CT molecular complexity index is 428. The minimum atomic E-state index is -0.409. The Morgan fingerprint density at radius 3 is 2.32 bits per heavy atom. The quantitative estimate of drug-likeness (QED) is 0.435. The molecule has 0 saturated heterocycles. The normalized spacial score (nSPS) is 12.1. The van der Waals surface area contributed by atoms with E-state index >= 15 is 0 Å². The van der Waals surface area contributed by atoms with Crippen molar-refractivity contribution in [1.82, 2.24) is 0 Å². The number of ether oxygens (including phenoxy) is 1. The summed E-state index contributed by atoms with van der Waals surface area (Å²) in [5.41, 5.74) is 0.259. The first-order valence-corrected chi connectivity index (χ1v) is 8.68. The molecule has 124 valence electrons. The van der Waals surface area contributed by atoms with Gasteiger partial charge in [0.25, 0.3) is 0 Å². The van der Waals surface area contributed by atoms with E-state index in [0.29, 0.717) is 0 Å². The molecule has 0 amide bonds. The fraction of sp³-hybridized carbons (Fsp3) is 0.632. The Hall–Kier alpha value is -1.51. The lowest BCUT2D eigenvalue weighted by Crippen LogP contribution is -2.18. The second-order valence-corrected chi connectivity index (χ2v) is 5.89. The molecular formula is C19H30O3. The molecular weight excluding hydrogens is 276 g/mol. The second kappa shape index (κ2) is 11.1. The molecule has 0 aliphatic rings. The van der Waals surface area contributed by atoms with Crippen LogP contribution < -0.4 is 0 Å². The molecule has 3 nitrogen and oxygen atoms in total. The van der Waals surface area contributed by atoms with Crippen LogP contribution in [0, 0.1) is 0 Å². The van der Waals surface area contributed by atoms with Crippen LogP contribution in [0.1, 0.15) is 82.0 Å². The number of aromatic hydroxyl groups is 1. The van der Waals surface area contributed by atoms with Crippen LogP contribution in [-0.2, 0) is 4.74 Å². The highest BCUT2D eigenvalue weighted by atomic mass is 16.5. The van der Waals surface area contributed by atoms with Gasteiger partial charge in [0.1, 0.15) is 17.4 Å². The van der Waals surface area contributed by atoms with Gasteiger partial charge in [-0.1, -0.05) is 64.5 Å². The van der Waals surface area contributed by atoms with Crippen LogP contribution in [0.3, 0.4) is 0 Å². The van der Waals surface area contributed by atoms with E-state index in [1.165, 1.54) is 31.7 Å². The van der Waals surface area contributed by atoms with E-state index in [9.17, 15) is 9.90 Å². The number of hydrogen-bond donors (Lipinski definition) is 1. The van der Waals surface area contributed by atoms with E-state index in [1.54, 1.807) is 18.2 Å². The highest BCUT2D eigenvalue weighted by molar-refractivity contribution is 5.92. The SMILES string of the molecule is CCCCCCCC(CCCC)OC(=O)c1ccccc1O. The van der Waals surface area contributed by atoms with Crippen molar-refractivity contribution in [2.75, 3.05) is 0 Å². The lowest BCUT2D eigenvalue weighted by molar-refractivity contribution is 0.0247.